The van der Waals surface area contributed by atoms with Gasteiger partial charge < -0.3 is 0 Å². The van der Waals surface area contributed by atoms with E-state index >= 15 is 0 Å². The molecule has 8 nitrogen and oxygen atoms in total. The Morgan fingerprint density at radius 2 is 0.577 bits per heavy atom. The predicted molar refractivity (Wildman–Crippen MR) is 400 cm³/mol. The second-order valence-electron chi connectivity index (χ2n) is 24.4. The second-order valence-corrected chi connectivity index (χ2v) is 24.4. The molecule has 97 heavy (non-hydrogen) atoms. The van der Waals surface area contributed by atoms with E-state index in [4.69, 9.17) is 35.0 Å². The first kappa shape index (κ1) is 56.6. The van der Waals surface area contributed by atoms with Gasteiger partial charge in [0.15, 0.2) is 23.3 Å². The SMILES string of the molecule is c1ccc(-c2nc(-c3ccccc3)nc(-c3ccc(-c4ccc(-c5nc6ccccc6c6c5ccc5ccccc56)cc4)cc3)n2)cc1.c1ccc(-c2nc3ccccc3c3cc(-c4ccc(-c5cccc(-c6nc7ccccc7c7c6ccc6ccccc67)c5)cc4)nn23)cc1. The van der Waals surface area contributed by atoms with Crippen molar-refractivity contribution < 1.29 is 0 Å². The van der Waals surface area contributed by atoms with Gasteiger partial charge in [0, 0.05) is 76.6 Å². The fourth-order valence-electron chi connectivity index (χ4n) is 13.7. The summed E-state index contributed by atoms with van der Waals surface area (Å²) >= 11 is 0. The molecule has 19 aromatic rings. The Hall–Kier alpha value is -13.2. The molecular weight excluding hydrogens is 1180 g/mol. The van der Waals surface area contributed by atoms with Crippen LogP contribution in [0.2, 0.25) is 0 Å². The van der Waals surface area contributed by atoms with E-state index in [-0.39, 0.29) is 0 Å². The van der Waals surface area contributed by atoms with Gasteiger partial charge >= 0.3 is 0 Å². The van der Waals surface area contributed by atoms with Crippen molar-refractivity contribution in [2.75, 3.05) is 0 Å². The van der Waals surface area contributed by atoms with Crippen LogP contribution in [0.5, 0.6) is 0 Å². The fraction of sp³-hybridized carbons (Fsp3) is 0. The van der Waals surface area contributed by atoms with Crippen LogP contribution < -0.4 is 0 Å². The number of aromatic nitrogens is 8. The average Bonchev–Trinajstić information content (AvgIpc) is 1.21. The van der Waals surface area contributed by atoms with E-state index in [1.54, 1.807) is 0 Å². The van der Waals surface area contributed by atoms with Crippen LogP contribution in [0.4, 0.5) is 0 Å². The minimum atomic E-state index is 0.645. The van der Waals surface area contributed by atoms with Gasteiger partial charge in [-0.3, -0.25) is 0 Å². The Balaban J connectivity index is 0.000000141. The van der Waals surface area contributed by atoms with Gasteiger partial charge in [-0.15, -0.1) is 0 Å². The Labute approximate surface area is 558 Å². The van der Waals surface area contributed by atoms with Gasteiger partial charge in [-0.05, 0) is 74.1 Å². The normalized spacial score (nSPS) is 11.5. The van der Waals surface area contributed by atoms with E-state index in [0.717, 1.165) is 122 Å². The molecule has 8 heteroatoms. The summed E-state index contributed by atoms with van der Waals surface area (Å²) in [5.41, 5.74) is 18.6. The topological polar surface area (TPSA) is 94.6 Å². The lowest BCUT2D eigenvalue weighted by molar-refractivity contribution is 0.949. The van der Waals surface area contributed by atoms with Crippen LogP contribution >= 0.6 is 0 Å². The van der Waals surface area contributed by atoms with Crippen LogP contribution in [0.15, 0.2) is 340 Å². The predicted octanol–water partition coefficient (Wildman–Crippen LogP) is 22.5. The quantitative estimate of drug-likeness (QED) is 0.133. The van der Waals surface area contributed by atoms with Crippen LogP contribution in [0.3, 0.4) is 0 Å². The summed E-state index contributed by atoms with van der Waals surface area (Å²) in [6.45, 7) is 0. The molecule has 0 atom stereocenters. The smallest absolute Gasteiger partial charge is 0.164 e. The van der Waals surface area contributed by atoms with Gasteiger partial charge in [0.25, 0.3) is 0 Å². The highest BCUT2D eigenvalue weighted by atomic mass is 15.3. The van der Waals surface area contributed by atoms with Crippen LogP contribution in [-0.2, 0) is 0 Å². The summed E-state index contributed by atoms with van der Waals surface area (Å²) in [5, 5.41) is 18.3. The molecule has 14 aromatic carbocycles. The number of hydrogen-bond acceptors (Lipinski definition) is 7. The van der Waals surface area contributed by atoms with Gasteiger partial charge in [-0.25, -0.2) is 34.4 Å². The van der Waals surface area contributed by atoms with E-state index in [1.807, 2.05) is 89.4 Å². The fourth-order valence-corrected chi connectivity index (χ4v) is 13.7. The second kappa shape index (κ2) is 24.1. The number of benzene rings is 14. The van der Waals surface area contributed by atoms with Gasteiger partial charge in [0.2, 0.25) is 0 Å². The van der Waals surface area contributed by atoms with Crippen molar-refractivity contribution in [3.63, 3.8) is 0 Å². The molecule has 19 rings (SSSR count). The molecule has 452 valence electrons. The lowest BCUT2D eigenvalue weighted by atomic mass is 9.94. The number of para-hydroxylation sites is 3. The van der Waals surface area contributed by atoms with Gasteiger partial charge in [0.1, 0.15) is 0 Å². The molecule has 0 fully saturated rings. The van der Waals surface area contributed by atoms with Crippen molar-refractivity contribution >= 4 is 81.3 Å². The third-order valence-electron chi connectivity index (χ3n) is 18.5. The number of fused-ring (bicyclic) bond motifs is 13. The molecule has 0 bridgehead atoms. The minimum Gasteiger partial charge on any atom is -0.247 e. The standard InChI is InChI=1S/C45H28N4.C44H28N4/c1-2-12-32(13-3-1)45-47-39-19-8-6-17-36(39)42-28-41(48-49(42)45)31-23-21-29(22-24-31)33-14-10-15-34(27-33)44-38-26-25-30-11-4-5-16-35(30)43(38)37-18-7-9-20-40(37)46-44;1-3-12-33(13-4-1)42-46-43(34-14-5-2-6-15-34)48-44(47-42)35-25-21-30(22-26-35)29-19-23-32(24-20-29)41-38-28-27-31-11-7-8-16-36(31)40(38)37-17-9-10-18-39(37)45-41/h1-28H;1-28H. The molecular formula is C89H56N8. The van der Waals surface area contributed by atoms with E-state index in [9.17, 15) is 0 Å². The number of hydrogen-bond donors (Lipinski definition) is 0. The summed E-state index contributed by atoms with van der Waals surface area (Å²) in [5.74, 6) is 2.78. The third-order valence-corrected chi connectivity index (χ3v) is 18.5. The monoisotopic (exact) mass is 1240 g/mol. The Bertz CT molecular complexity index is 6130. The molecule has 0 saturated heterocycles. The van der Waals surface area contributed by atoms with Gasteiger partial charge in [-0.1, -0.05) is 309 Å². The molecule has 0 N–H and O–H groups in total. The van der Waals surface area contributed by atoms with E-state index in [0.29, 0.717) is 17.5 Å². The van der Waals surface area contributed by atoms with Crippen LogP contribution in [0.25, 0.3) is 183 Å². The van der Waals surface area contributed by atoms with Crippen molar-refractivity contribution in [1.29, 1.82) is 0 Å². The van der Waals surface area contributed by atoms with Crippen molar-refractivity contribution in [3.8, 4) is 102 Å². The Kier molecular flexibility index (Phi) is 14.0. The summed E-state index contributed by atoms with van der Waals surface area (Å²) in [6, 6.07) is 118. The summed E-state index contributed by atoms with van der Waals surface area (Å²) in [4.78, 5) is 30.0. The van der Waals surface area contributed by atoms with Crippen molar-refractivity contribution in [2.24, 2.45) is 0 Å². The highest BCUT2D eigenvalue weighted by molar-refractivity contribution is 6.23. The molecule has 5 heterocycles. The third kappa shape index (κ3) is 10.4. The number of nitrogens with zero attached hydrogens (tertiary/aromatic N) is 8. The molecule has 0 radical (unpaired) electrons. The van der Waals surface area contributed by atoms with Crippen molar-refractivity contribution in [3.05, 3.63) is 340 Å². The summed E-state index contributed by atoms with van der Waals surface area (Å²) in [6.07, 6.45) is 0. The van der Waals surface area contributed by atoms with Crippen LogP contribution in [-0.4, -0.2) is 39.5 Å². The summed E-state index contributed by atoms with van der Waals surface area (Å²) < 4.78 is 1.98. The Morgan fingerprint density at radius 3 is 1.10 bits per heavy atom. The lowest BCUT2D eigenvalue weighted by Crippen LogP contribution is -2.00. The van der Waals surface area contributed by atoms with Crippen molar-refractivity contribution in [2.45, 2.75) is 0 Å². The first-order chi connectivity index (χ1) is 48.1. The molecule has 0 amide bonds. The molecule has 0 unspecified atom stereocenters. The molecule has 5 aromatic heterocycles. The maximum Gasteiger partial charge on any atom is 0.164 e. The Morgan fingerprint density at radius 1 is 0.206 bits per heavy atom. The maximum absolute atomic E-state index is 5.22. The number of pyridine rings is 2. The van der Waals surface area contributed by atoms with E-state index in [1.165, 1.54) is 43.1 Å². The number of rotatable bonds is 9. The first-order valence-electron chi connectivity index (χ1n) is 32.6. The highest BCUT2D eigenvalue weighted by Crippen LogP contribution is 2.41. The zero-order valence-corrected chi connectivity index (χ0v) is 52.4. The minimum absolute atomic E-state index is 0.645. The van der Waals surface area contributed by atoms with Gasteiger partial charge in [-0.2, -0.15) is 5.10 Å². The van der Waals surface area contributed by atoms with Crippen molar-refractivity contribution in [1.82, 2.24) is 39.5 Å². The summed E-state index contributed by atoms with van der Waals surface area (Å²) in [7, 11) is 0. The zero-order chi connectivity index (χ0) is 64.2. The molecule has 0 spiro atoms. The van der Waals surface area contributed by atoms with E-state index < -0.39 is 0 Å². The molecule has 0 saturated carbocycles. The van der Waals surface area contributed by atoms with Crippen LogP contribution in [0, 0.1) is 0 Å². The maximum atomic E-state index is 5.22. The van der Waals surface area contributed by atoms with Gasteiger partial charge in [0.05, 0.1) is 39.1 Å². The van der Waals surface area contributed by atoms with Crippen LogP contribution in [0.1, 0.15) is 0 Å². The van der Waals surface area contributed by atoms with E-state index in [2.05, 4.69) is 255 Å². The average molecular weight is 1240 g/mol. The molecule has 0 aliphatic heterocycles. The molecule has 0 aliphatic carbocycles. The lowest BCUT2D eigenvalue weighted by Gasteiger charge is -2.13. The molecule has 0 aliphatic rings. The largest absolute Gasteiger partial charge is 0.247 e. The highest BCUT2D eigenvalue weighted by Gasteiger charge is 2.19. The zero-order valence-electron chi connectivity index (χ0n) is 52.4. The first-order valence-corrected chi connectivity index (χ1v) is 32.6.